The summed E-state index contributed by atoms with van der Waals surface area (Å²) >= 11 is 0. The highest BCUT2D eigenvalue weighted by atomic mass is 16.6. The minimum absolute atomic E-state index is 0.0172. The number of nitrogens with one attached hydrogen (secondary N) is 1. The summed E-state index contributed by atoms with van der Waals surface area (Å²) in [6.45, 7) is 3.64. The van der Waals surface area contributed by atoms with Gasteiger partial charge in [0, 0.05) is 11.5 Å². The summed E-state index contributed by atoms with van der Waals surface area (Å²) < 4.78 is 0. The van der Waals surface area contributed by atoms with Gasteiger partial charge in [0.05, 0.1) is 10.4 Å². The van der Waals surface area contributed by atoms with Crippen LogP contribution in [-0.4, -0.2) is 27.0 Å². The van der Waals surface area contributed by atoms with Crippen molar-refractivity contribution in [1.82, 2.24) is 4.98 Å². The van der Waals surface area contributed by atoms with E-state index in [1.165, 1.54) is 6.07 Å². The Balaban J connectivity index is 2.50. The Kier molecular flexibility index (Phi) is 4.55. The molecule has 0 radical (unpaired) electrons. The van der Waals surface area contributed by atoms with Gasteiger partial charge in [0.1, 0.15) is 6.04 Å². The lowest BCUT2D eigenvalue weighted by atomic mass is 9.99. The molecule has 0 amide bonds. The third-order valence-electron chi connectivity index (χ3n) is 3.67. The van der Waals surface area contributed by atoms with Gasteiger partial charge in [0.15, 0.2) is 0 Å². The van der Waals surface area contributed by atoms with Crippen molar-refractivity contribution >= 4 is 28.4 Å². The van der Waals surface area contributed by atoms with Crippen molar-refractivity contribution < 1.29 is 14.8 Å². The van der Waals surface area contributed by atoms with Gasteiger partial charge in [-0.3, -0.25) is 10.1 Å². The van der Waals surface area contributed by atoms with Gasteiger partial charge >= 0.3 is 11.7 Å². The van der Waals surface area contributed by atoms with Gasteiger partial charge in [0.25, 0.3) is 0 Å². The van der Waals surface area contributed by atoms with Crippen LogP contribution in [0.2, 0.25) is 0 Å². The Labute approximate surface area is 127 Å². The largest absolute Gasteiger partial charge is 0.480 e. The first kappa shape index (κ1) is 15.7. The molecule has 2 aromatic rings. The molecule has 0 unspecified atom stereocenters. The van der Waals surface area contributed by atoms with Crippen LogP contribution in [0.1, 0.15) is 20.3 Å². The van der Waals surface area contributed by atoms with Gasteiger partial charge in [-0.1, -0.05) is 38.5 Å². The molecule has 2 rings (SSSR count). The van der Waals surface area contributed by atoms with Crippen LogP contribution in [-0.2, 0) is 4.79 Å². The van der Waals surface area contributed by atoms with Crippen LogP contribution < -0.4 is 5.32 Å². The van der Waals surface area contributed by atoms with E-state index in [4.69, 9.17) is 0 Å². The van der Waals surface area contributed by atoms with Crippen molar-refractivity contribution in [3.05, 3.63) is 40.4 Å². The quantitative estimate of drug-likeness (QED) is 0.627. The maximum atomic E-state index is 11.4. The second kappa shape index (κ2) is 6.38. The van der Waals surface area contributed by atoms with E-state index >= 15 is 0 Å². The van der Waals surface area contributed by atoms with Crippen molar-refractivity contribution in [2.45, 2.75) is 26.3 Å². The number of carboxylic acids is 1. The predicted molar refractivity (Wildman–Crippen MR) is 82.9 cm³/mol. The van der Waals surface area contributed by atoms with Crippen molar-refractivity contribution in [2.24, 2.45) is 5.92 Å². The number of fused-ring (bicyclic) bond motifs is 1. The molecule has 0 aliphatic rings. The topological polar surface area (TPSA) is 105 Å². The smallest absolute Gasteiger partial charge is 0.326 e. The van der Waals surface area contributed by atoms with Crippen LogP contribution in [0.3, 0.4) is 0 Å². The van der Waals surface area contributed by atoms with E-state index in [1.54, 1.807) is 31.2 Å². The van der Waals surface area contributed by atoms with Gasteiger partial charge in [0.2, 0.25) is 5.82 Å². The highest BCUT2D eigenvalue weighted by Gasteiger charge is 2.27. The molecule has 1 aromatic heterocycles. The summed E-state index contributed by atoms with van der Waals surface area (Å²) in [6.07, 6.45) is 0.630. The molecule has 2 atom stereocenters. The number of nitrogens with zero attached hydrogens (tertiary/aromatic N) is 2. The Morgan fingerprint density at radius 3 is 2.73 bits per heavy atom. The first-order chi connectivity index (χ1) is 10.4. The van der Waals surface area contributed by atoms with Crippen LogP contribution in [0.15, 0.2) is 30.3 Å². The molecular weight excluding hydrogens is 286 g/mol. The summed E-state index contributed by atoms with van der Waals surface area (Å²) in [5, 5.41) is 23.9. The number of pyridine rings is 1. The average molecular weight is 303 g/mol. The molecule has 1 heterocycles. The van der Waals surface area contributed by atoms with Gasteiger partial charge < -0.3 is 10.4 Å². The number of anilines is 1. The molecule has 116 valence electrons. The third kappa shape index (κ3) is 3.13. The highest BCUT2D eigenvalue weighted by molar-refractivity contribution is 5.86. The Morgan fingerprint density at radius 1 is 1.45 bits per heavy atom. The fourth-order valence-corrected chi connectivity index (χ4v) is 2.18. The van der Waals surface area contributed by atoms with E-state index < -0.39 is 16.9 Å². The van der Waals surface area contributed by atoms with Gasteiger partial charge in [-0.25, -0.2) is 9.78 Å². The number of carbonyl (C=O) groups is 1. The highest BCUT2D eigenvalue weighted by Crippen LogP contribution is 2.28. The zero-order valence-electron chi connectivity index (χ0n) is 12.3. The molecule has 22 heavy (non-hydrogen) atoms. The SMILES string of the molecule is CC[C@H](C)[C@H](Nc1nc2ccccc2cc1[N+](=O)[O-])C(=O)O. The number of rotatable bonds is 6. The second-order valence-electron chi connectivity index (χ2n) is 5.15. The zero-order chi connectivity index (χ0) is 16.3. The maximum absolute atomic E-state index is 11.4. The number of nitro groups is 1. The number of aromatic nitrogens is 1. The van der Waals surface area contributed by atoms with E-state index in [2.05, 4.69) is 10.3 Å². The van der Waals surface area contributed by atoms with E-state index in [0.29, 0.717) is 17.3 Å². The summed E-state index contributed by atoms with van der Waals surface area (Å²) in [5.41, 5.74) is 0.345. The molecule has 0 aliphatic heterocycles. The fraction of sp³-hybridized carbons (Fsp3) is 0.333. The van der Waals surface area contributed by atoms with Gasteiger partial charge in [-0.2, -0.15) is 0 Å². The van der Waals surface area contributed by atoms with Crippen molar-refractivity contribution in [3.8, 4) is 0 Å². The third-order valence-corrected chi connectivity index (χ3v) is 3.67. The molecule has 0 fully saturated rings. The second-order valence-corrected chi connectivity index (χ2v) is 5.15. The number of hydrogen-bond acceptors (Lipinski definition) is 5. The zero-order valence-corrected chi connectivity index (χ0v) is 12.3. The molecule has 0 saturated carbocycles. The van der Waals surface area contributed by atoms with Crippen LogP contribution in [0, 0.1) is 16.0 Å². The Morgan fingerprint density at radius 2 is 2.14 bits per heavy atom. The molecule has 0 saturated heterocycles. The lowest BCUT2D eigenvalue weighted by Gasteiger charge is -2.20. The normalized spacial score (nSPS) is 13.5. The minimum Gasteiger partial charge on any atom is -0.480 e. The van der Waals surface area contributed by atoms with Gasteiger partial charge in [-0.15, -0.1) is 0 Å². The molecule has 0 bridgehead atoms. The molecule has 1 aromatic carbocycles. The van der Waals surface area contributed by atoms with Crippen LogP contribution >= 0.6 is 0 Å². The number of benzene rings is 1. The molecular formula is C15H17N3O4. The van der Waals surface area contributed by atoms with Crippen molar-refractivity contribution in [1.29, 1.82) is 0 Å². The Bertz CT molecular complexity index is 717. The standard InChI is InChI=1S/C15H17N3O4/c1-3-9(2)13(15(19)20)17-14-12(18(21)22)8-10-6-4-5-7-11(10)16-14/h4-9,13H,3H2,1-2H3,(H,16,17)(H,19,20)/t9-,13-/m0/s1. The summed E-state index contributed by atoms with van der Waals surface area (Å²) in [7, 11) is 0. The maximum Gasteiger partial charge on any atom is 0.326 e. The minimum atomic E-state index is -1.06. The molecule has 0 spiro atoms. The van der Waals surface area contributed by atoms with E-state index in [1.807, 2.05) is 6.92 Å². The van der Waals surface area contributed by atoms with Crippen LogP contribution in [0.25, 0.3) is 10.9 Å². The fourth-order valence-electron chi connectivity index (χ4n) is 2.18. The van der Waals surface area contributed by atoms with Crippen molar-refractivity contribution in [2.75, 3.05) is 5.32 Å². The number of carboxylic acid groups (broad SMARTS) is 1. The molecule has 7 heteroatoms. The Hall–Kier alpha value is -2.70. The monoisotopic (exact) mass is 303 g/mol. The first-order valence-electron chi connectivity index (χ1n) is 6.97. The van der Waals surface area contributed by atoms with E-state index in [-0.39, 0.29) is 17.4 Å². The van der Waals surface area contributed by atoms with Crippen LogP contribution in [0.4, 0.5) is 11.5 Å². The molecule has 2 N–H and O–H groups in total. The number of aliphatic carboxylic acids is 1. The summed E-state index contributed by atoms with van der Waals surface area (Å²) in [4.78, 5) is 26.3. The lowest BCUT2D eigenvalue weighted by molar-refractivity contribution is -0.384. The molecule has 7 nitrogen and oxygen atoms in total. The van der Waals surface area contributed by atoms with Gasteiger partial charge in [-0.05, 0) is 12.0 Å². The lowest BCUT2D eigenvalue weighted by Crippen LogP contribution is -2.35. The van der Waals surface area contributed by atoms with E-state index in [9.17, 15) is 20.0 Å². The number of hydrogen-bond donors (Lipinski definition) is 2. The van der Waals surface area contributed by atoms with Crippen LogP contribution in [0.5, 0.6) is 0 Å². The summed E-state index contributed by atoms with van der Waals surface area (Å²) in [5.74, 6) is -1.26. The number of para-hydroxylation sites is 1. The first-order valence-corrected chi connectivity index (χ1v) is 6.97. The molecule has 0 aliphatic carbocycles. The van der Waals surface area contributed by atoms with E-state index in [0.717, 1.165) is 0 Å². The average Bonchev–Trinajstić information content (AvgIpc) is 2.50. The van der Waals surface area contributed by atoms with Crippen molar-refractivity contribution in [3.63, 3.8) is 0 Å². The summed E-state index contributed by atoms with van der Waals surface area (Å²) in [6, 6.07) is 7.46. The predicted octanol–water partition coefficient (Wildman–Crippen LogP) is 3.05.